The Morgan fingerprint density at radius 2 is 2.28 bits per heavy atom. The van der Waals surface area contributed by atoms with Gasteiger partial charge >= 0.3 is 6.18 Å². The van der Waals surface area contributed by atoms with E-state index in [-0.39, 0.29) is 0 Å². The molecule has 0 unspecified atom stereocenters. The van der Waals surface area contributed by atoms with Gasteiger partial charge in [-0.3, -0.25) is 4.68 Å². The highest BCUT2D eigenvalue weighted by Crippen LogP contribution is 2.14. The quantitative estimate of drug-likeness (QED) is 0.616. The molecule has 0 aromatic carbocycles. The molecule has 4 nitrogen and oxygen atoms in total. The number of halogens is 4. The first kappa shape index (κ1) is 15.0. The molecule has 8 heteroatoms. The van der Waals surface area contributed by atoms with Crippen LogP contribution in [0.25, 0.3) is 0 Å². The summed E-state index contributed by atoms with van der Waals surface area (Å²) in [5, 5.41) is 13.5. The van der Waals surface area contributed by atoms with Crippen LogP contribution in [-0.2, 0) is 13.5 Å². The highest BCUT2D eigenvalue weighted by molar-refractivity contribution is 14.1. The zero-order valence-corrected chi connectivity index (χ0v) is 11.7. The lowest BCUT2D eigenvalue weighted by Crippen LogP contribution is -2.25. The Hall–Kier alpha value is -1.06. The largest absolute Gasteiger partial charge is 0.405 e. The fraction of sp³-hybridized carbons (Fsp3) is 0.400. The van der Waals surface area contributed by atoms with Crippen LogP contribution in [0.1, 0.15) is 5.56 Å². The van der Waals surface area contributed by atoms with Crippen molar-refractivity contribution >= 4 is 28.8 Å². The maximum Gasteiger partial charge on any atom is 0.405 e. The SMILES string of the molecule is Cn1cc(C/C(C=N)=C/NCC(F)(F)F)c(I)n1. The van der Waals surface area contributed by atoms with Crippen LogP contribution in [0.5, 0.6) is 0 Å². The molecule has 1 heterocycles. The van der Waals surface area contributed by atoms with Gasteiger partial charge in [-0.2, -0.15) is 18.3 Å². The second-order valence-electron chi connectivity index (χ2n) is 3.66. The summed E-state index contributed by atoms with van der Waals surface area (Å²) in [4.78, 5) is 0. The van der Waals surface area contributed by atoms with Gasteiger partial charge in [0.25, 0.3) is 0 Å². The number of aromatic nitrogens is 2. The minimum Gasteiger partial charge on any atom is -0.382 e. The van der Waals surface area contributed by atoms with E-state index >= 15 is 0 Å². The molecule has 0 fully saturated rings. The van der Waals surface area contributed by atoms with Crippen molar-refractivity contribution in [2.75, 3.05) is 6.54 Å². The first-order valence-electron chi connectivity index (χ1n) is 4.99. The van der Waals surface area contributed by atoms with E-state index in [1.807, 2.05) is 22.6 Å². The van der Waals surface area contributed by atoms with Gasteiger partial charge in [-0.25, -0.2) is 0 Å². The van der Waals surface area contributed by atoms with Crippen LogP contribution in [0.3, 0.4) is 0 Å². The lowest BCUT2D eigenvalue weighted by Gasteiger charge is -2.06. The summed E-state index contributed by atoms with van der Waals surface area (Å²) in [5.74, 6) is 0. The molecule has 2 N–H and O–H groups in total. The fourth-order valence-corrected chi connectivity index (χ4v) is 1.96. The third-order valence-electron chi connectivity index (χ3n) is 2.02. The van der Waals surface area contributed by atoms with Crippen molar-refractivity contribution in [3.63, 3.8) is 0 Å². The smallest absolute Gasteiger partial charge is 0.382 e. The molecule has 0 saturated heterocycles. The number of hydrogen-bond donors (Lipinski definition) is 2. The Kier molecular flexibility index (Phi) is 5.17. The molecule has 1 aromatic heterocycles. The Labute approximate surface area is 116 Å². The van der Waals surface area contributed by atoms with Gasteiger partial charge < -0.3 is 10.7 Å². The lowest BCUT2D eigenvalue weighted by molar-refractivity contribution is -0.122. The van der Waals surface area contributed by atoms with Crippen molar-refractivity contribution in [2.24, 2.45) is 7.05 Å². The summed E-state index contributed by atoms with van der Waals surface area (Å²) in [7, 11) is 1.77. The molecule has 1 aromatic rings. The molecule has 0 aliphatic carbocycles. The zero-order chi connectivity index (χ0) is 13.8. The van der Waals surface area contributed by atoms with Gasteiger partial charge in [0.1, 0.15) is 10.2 Å². The molecule has 0 aliphatic heterocycles. The van der Waals surface area contributed by atoms with E-state index in [2.05, 4.69) is 10.4 Å². The predicted molar refractivity (Wildman–Crippen MR) is 70.6 cm³/mol. The first-order valence-corrected chi connectivity index (χ1v) is 6.07. The second-order valence-corrected chi connectivity index (χ2v) is 4.68. The minimum absolute atomic E-state index is 0.375. The molecular formula is C10H12F3IN4. The lowest BCUT2D eigenvalue weighted by atomic mass is 10.1. The molecule has 0 spiro atoms. The number of allylic oxidation sites excluding steroid dienone is 1. The van der Waals surface area contributed by atoms with E-state index < -0.39 is 12.7 Å². The van der Waals surface area contributed by atoms with Crippen molar-refractivity contribution < 1.29 is 13.2 Å². The van der Waals surface area contributed by atoms with Crippen LogP contribution in [0.2, 0.25) is 0 Å². The van der Waals surface area contributed by atoms with Gasteiger partial charge in [0.2, 0.25) is 0 Å². The molecule has 0 amide bonds. The Morgan fingerprint density at radius 3 is 2.72 bits per heavy atom. The summed E-state index contributed by atoms with van der Waals surface area (Å²) < 4.78 is 38.2. The van der Waals surface area contributed by atoms with Gasteiger partial charge in [-0.05, 0) is 28.2 Å². The van der Waals surface area contributed by atoms with Gasteiger partial charge in [0, 0.05) is 37.6 Å². The molecule has 100 valence electrons. The maximum absolute atomic E-state index is 11.9. The van der Waals surface area contributed by atoms with Crippen molar-refractivity contribution in [3.05, 3.63) is 27.2 Å². The topological polar surface area (TPSA) is 53.7 Å². The summed E-state index contributed by atoms with van der Waals surface area (Å²) in [6.07, 6.45) is 0.145. The molecule has 0 aliphatic rings. The molecule has 18 heavy (non-hydrogen) atoms. The van der Waals surface area contributed by atoms with Gasteiger partial charge in [-0.1, -0.05) is 0 Å². The third kappa shape index (κ3) is 5.07. The normalized spacial score (nSPS) is 12.6. The molecule has 0 bridgehead atoms. The van der Waals surface area contributed by atoms with Gasteiger partial charge in [0.05, 0.1) is 0 Å². The number of alkyl halides is 3. The number of nitrogens with zero attached hydrogens (tertiary/aromatic N) is 2. The summed E-state index contributed by atoms with van der Waals surface area (Å²) >= 11 is 2.05. The Balaban J connectivity index is 2.64. The summed E-state index contributed by atoms with van der Waals surface area (Å²) in [5.41, 5.74) is 1.34. The van der Waals surface area contributed by atoms with Crippen LogP contribution in [-0.4, -0.2) is 28.7 Å². The highest BCUT2D eigenvalue weighted by Gasteiger charge is 2.25. The molecule has 0 saturated carbocycles. The van der Waals surface area contributed by atoms with E-state index in [0.717, 1.165) is 15.5 Å². The molecule has 0 atom stereocenters. The number of nitrogens with one attached hydrogen (secondary N) is 2. The van der Waals surface area contributed by atoms with E-state index in [9.17, 15) is 13.2 Å². The number of rotatable bonds is 5. The third-order valence-corrected chi connectivity index (χ3v) is 2.93. The standard InChI is InChI=1S/C10H12F3IN4/c1-18-5-8(9(14)17-18)2-7(3-15)4-16-6-10(11,12)13/h3-5,15-16H,2,6H2,1H3/b7-4-,15-3?. The van der Waals surface area contributed by atoms with Crippen LogP contribution < -0.4 is 5.32 Å². The molecule has 1 rings (SSSR count). The van der Waals surface area contributed by atoms with E-state index in [4.69, 9.17) is 5.41 Å². The average molecular weight is 372 g/mol. The fourth-order valence-electron chi connectivity index (χ4n) is 1.29. The maximum atomic E-state index is 11.9. The second kappa shape index (κ2) is 6.21. The van der Waals surface area contributed by atoms with Crippen molar-refractivity contribution in [1.82, 2.24) is 15.1 Å². The Morgan fingerprint density at radius 1 is 1.61 bits per heavy atom. The van der Waals surface area contributed by atoms with Crippen LogP contribution in [0.4, 0.5) is 13.2 Å². The van der Waals surface area contributed by atoms with Gasteiger partial charge in [0.15, 0.2) is 0 Å². The Bertz CT molecular complexity index is 450. The van der Waals surface area contributed by atoms with E-state index in [1.165, 1.54) is 6.20 Å². The highest BCUT2D eigenvalue weighted by atomic mass is 127. The van der Waals surface area contributed by atoms with Crippen molar-refractivity contribution in [2.45, 2.75) is 12.6 Å². The molecular weight excluding hydrogens is 360 g/mol. The average Bonchev–Trinajstić information content (AvgIpc) is 2.54. The summed E-state index contributed by atoms with van der Waals surface area (Å²) in [6, 6.07) is 0. The van der Waals surface area contributed by atoms with Crippen molar-refractivity contribution in [3.8, 4) is 0 Å². The summed E-state index contributed by atoms with van der Waals surface area (Å²) in [6.45, 7) is -1.10. The zero-order valence-electron chi connectivity index (χ0n) is 9.55. The number of aryl methyl sites for hydroxylation is 1. The van der Waals surface area contributed by atoms with Crippen molar-refractivity contribution in [1.29, 1.82) is 5.41 Å². The minimum atomic E-state index is -4.26. The monoisotopic (exact) mass is 372 g/mol. The van der Waals surface area contributed by atoms with Crippen LogP contribution in [0, 0.1) is 9.11 Å². The predicted octanol–water partition coefficient (Wildman–Crippen LogP) is 2.25. The van der Waals surface area contributed by atoms with Crippen LogP contribution >= 0.6 is 22.6 Å². The van der Waals surface area contributed by atoms with E-state index in [0.29, 0.717) is 12.0 Å². The first-order chi connectivity index (χ1) is 8.31. The van der Waals surface area contributed by atoms with E-state index in [1.54, 1.807) is 17.9 Å². The number of hydrogen-bond acceptors (Lipinski definition) is 3. The molecule has 0 radical (unpaired) electrons. The van der Waals surface area contributed by atoms with Crippen LogP contribution in [0.15, 0.2) is 18.0 Å². The van der Waals surface area contributed by atoms with Gasteiger partial charge in [-0.15, -0.1) is 0 Å².